The Kier molecular flexibility index (Phi) is 3.85. The van der Waals surface area contributed by atoms with Crippen molar-refractivity contribution >= 4 is 5.97 Å². The molecule has 2 heterocycles. The van der Waals surface area contributed by atoms with Crippen LogP contribution in [0.25, 0.3) is 11.4 Å². The molecule has 2 aromatic rings. The first-order valence-electron chi connectivity index (χ1n) is 6.05. The summed E-state index contributed by atoms with van der Waals surface area (Å²) >= 11 is 0. The van der Waals surface area contributed by atoms with Crippen molar-refractivity contribution in [3.8, 4) is 11.4 Å². The van der Waals surface area contributed by atoms with Gasteiger partial charge in [-0.15, -0.1) is 0 Å². The van der Waals surface area contributed by atoms with E-state index in [2.05, 4.69) is 15.0 Å². The van der Waals surface area contributed by atoms with Gasteiger partial charge in [0.15, 0.2) is 5.82 Å². The molecule has 0 aliphatic carbocycles. The highest BCUT2D eigenvalue weighted by Crippen LogP contribution is 2.19. The van der Waals surface area contributed by atoms with Crippen LogP contribution < -0.4 is 0 Å². The molecule has 0 spiro atoms. The third-order valence-electron chi connectivity index (χ3n) is 2.75. The van der Waals surface area contributed by atoms with Crippen LogP contribution in [0.15, 0.2) is 24.7 Å². The Hall–Kier alpha value is -2.30. The first-order chi connectivity index (χ1) is 9.13. The van der Waals surface area contributed by atoms with E-state index in [9.17, 15) is 4.79 Å². The molecule has 0 radical (unpaired) electrons. The fraction of sp³-hybridized carbons (Fsp3) is 0.286. The average Bonchev–Trinajstić information content (AvgIpc) is 2.39. The lowest BCUT2D eigenvalue weighted by Crippen LogP contribution is -2.09. The van der Waals surface area contributed by atoms with Crippen LogP contribution in [-0.4, -0.2) is 27.5 Å². The zero-order chi connectivity index (χ0) is 13.8. The van der Waals surface area contributed by atoms with E-state index in [0.717, 1.165) is 11.1 Å². The van der Waals surface area contributed by atoms with E-state index in [4.69, 9.17) is 4.74 Å². The maximum Gasteiger partial charge on any atom is 0.341 e. The number of ether oxygens (including phenoxy) is 1. The van der Waals surface area contributed by atoms with Crippen LogP contribution in [0.1, 0.15) is 28.5 Å². The largest absolute Gasteiger partial charge is 0.462 e. The number of pyridine rings is 1. The maximum atomic E-state index is 11.7. The molecular weight excluding hydrogens is 242 g/mol. The monoisotopic (exact) mass is 257 g/mol. The molecule has 0 atom stereocenters. The third-order valence-corrected chi connectivity index (χ3v) is 2.75. The number of rotatable bonds is 3. The third kappa shape index (κ3) is 2.76. The second-order valence-corrected chi connectivity index (χ2v) is 4.10. The molecule has 0 bridgehead atoms. The van der Waals surface area contributed by atoms with Crippen LogP contribution in [0.2, 0.25) is 0 Å². The standard InChI is InChI=1S/C14H15N3O2/c1-4-19-14(18)12-8-16-13(17-10(12)3)11-7-15-6-5-9(11)2/h5-8H,4H2,1-3H3. The van der Waals surface area contributed by atoms with Gasteiger partial charge in [0.1, 0.15) is 0 Å². The lowest BCUT2D eigenvalue weighted by atomic mass is 10.1. The second-order valence-electron chi connectivity index (χ2n) is 4.10. The molecule has 5 nitrogen and oxygen atoms in total. The molecule has 0 aliphatic rings. The minimum atomic E-state index is -0.394. The molecule has 0 fully saturated rings. The molecule has 0 N–H and O–H groups in total. The van der Waals surface area contributed by atoms with Crippen molar-refractivity contribution in [2.45, 2.75) is 20.8 Å². The van der Waals surface area contributed by atoms with Crippen molar-refractivity contribution in [3.05, 3.63) is 41.5 Å². The van der Waals surface area contributed by atoms with Crippen molar-refractivity contribution in [3.63, 3.8) is 0 Å². The van der Waals surface area contributed by atoms with Gasteiger partial charge in [-0.2, -0.15) is 0 Å². The zero-order valence-corrected chi connectivity index (χ0v) is 11.2. The number of carbonyl (C=O) groups excluding carboxylic acids is 1. The summed E-state index contributed by atoms with van der Waals surface area (Å²) in [5.41, 5.74) is 2.90. The smallest absolute Gasteiger partial charge is 0.341 e. The lowest BCUT2D eigenvalue weighted by molar-refractivity contribution is 0.0524. The van der Waals surface area contributed by atoms with Gasteiger partial charge < -0.3 is 4.74 Å². The summed E-state index contributed by atoms with van der Waals surface area (Å²) in [6.45, 7) is 5.83. The Morgan fingerprint density at radius 3 is 2.74 bits per heavy atom. The summed E-state index contributed by atoms with van der Waals surface area (Å²) in [4.78, 5) is 24.3. The van der Waals surface area contributed by atoms with E-state index in [-0.39, 0.29) is 0 Å². The number of esters is 1. The molecule has 2 aromatic heterocycles. The van der Waals surface area contributed by atoms with Gasteiger partial charge in [-0.1, -0.05) is 0 Å². The molecule has 5 heteroatoms. The van der Waals surface area contributed by atoms with Gasteiger partial charge in [0.2, 0.25) is 0 Å². The van der Waals surface area contributed by atoms with Gasteiger partial charge in [-0.25, -0.2) is 14.8 Å². The number of hydrogen-bond donors (Lipinski definition) is 0. The molecular formula is C14H15N3O2. The van der Waals surface area contributed by atoms with Crippen molar-refractivity contribution in [2.24, 2.45) is 0 Å². The first-order valence-corrected chi connectivity index (χ1v) is 6.05. The van der Waals surface area contributed by atoms with Gasteiger partial charge >= 0.3 is 5.97 Å². The number of aryl methyl sites for hydroxylation is 2. The molecule has 0 saturated carbocycles. The topological polar surface area (TPSA) is 65.0 Å². The van der Waals surface area contributed by atoms with Crippen LogP contribution >= 0.6 is 0 Å². The first kappa shape index (κ1) is 13.1. The average molecular weight is 257 g/mol. The molecule has 0 unspecified atom stereocenters. The van der Waals surface area contributed by atoms with Gasteiger partial charge in [-0.3, -0.25) is 4.98 Å². The van der Waals surface area contributed by atoms with Gasteiger partial charge in [0.05, 0.1) is 17.9 Å². The summed E-state index contributed by atoms with van der Waals surface area (Å²) in [5.74, 6) is 0.172. The van der Waals surface area contributed by atoms with Crippen molar-refractivity contribution in [1.29, 1.82) is 0 Å². The summed E-state index contributed by atoms with van der Waals surface area (Å²) in [6, 6.07) is 1.90. The van der Waals surface area contributed by atoms with Gasteiger partial charge in [-0.05, 0) is 32.4 Å². The highest BCUT2D eigenvalue weighted by Gasteiger charge is 2.14. The summed E-state index contributed by atoms with van der Waals surface area (Å²) in [7, 11) is 0. The van der Waals surface area contributed by atoms with Crippen molar-refractivity contribution in [1.82, 2.24) is 15.0 Å². The predicted octanol–water partition coefficient (Wildman–Crippen LogP) is 2.33. The Morgan fingerprint density at radius 2 is 2.11 bits per heavy atom. The van der Waals surface area contributed by atoms with E-state index in [0.29, 0.717) is 23.7 Å². The molecule has 0 aromatic carbocycles. The normalized spacial score (nSPS) is 10.3. The minimum absolute atomic E-state index is 0.335. The molecule has 2 rings (SSSR count). The zero-order valence-electron chi connectivity index (χ0n) is 11.2. The van der Waals surface area contributed by atoms with Gasteiger partial charge in [0, 0.05) is 24.2 Å². The Labute approximate surface area is 111 Å². The fourth-order valence-electron chi connectivity index (χ4n) is 1.70. The van der Waals surface area contributed by atoms with Crippen LogP contribution in [0.3, 0.4) is 0 Å². The van der Waals surface area contributed by atoms with Crippen LogP contribution in [-0.2, 0) is 4.74 Å². The molecule has 0 aliphatic heterocycles. The Balaban J connectivity index is 2.39. The quantitative estimate of drug-likeness (QED) is 0.789. The van der Waals surface area contributed by atoms with E-state index < -0.39 is 5.97 Å². The summed E-state index contributed by atoms with van der Waals surface area (Å²) < 4.78 is 4.95. The Bertz CT molecular complexity index is 611. The SMILES string of the molecule is CCOC(=O)c1cnc(-c2cnccc2C)nc1C. The van der Waals surface area contributed by atoms with Crippen LogP contribution in [0, 0.1) is 13.8 Å². The number of nitrogens with zero attached hydrogens (tertiary/aromatic N) is 3. The molecule has 19 heavy (non-hydrogen) atoms. The molecule has 0 saturated heterocycles. The minimum Gasteiger partial charge on any atom is -0.462 e. The van der Waals surface area contributed by atoms with Crippen LogP contribution in [0.4, 0.5) is 0 Å². The number of aromatic nitrogens is 3. The van der Waals surface area contributed by atoms with E-state index >= 15 is 0 Å². The maximum absolute atomic E-state index is 11.7. The fourth-order valence-corrected chi connectivity index (χ4v) is 1.70. The number of carbonyl (C=O) groups is 1. The van der Waals surface area contributed by atoms with Crippen LogP contribution in [0.5, 0.6) is 0 Å². The lowest BCUT2D eigenvalue weighted by Gasteiger charge is -2.07. The highest BCUT2D eigenvalue weighted by molar-refractivity contribution is 5.90. The van der Waals surface area contributed by atoms with E-state index in [1.165, 1.54) is 6.20 Å². The number of hydrogen-bond acceptors (Lipinski definition) is 5. The molecule has 0 amide bonds. The van der Waals surface area contributed by atoms with Crippen molar-refractivity contribution in [2.75, 3.05) is 6.61 Å². The molecule has 98 valence electrons. The second kappa shape index (κ2) is 5.56. The van der Waals surface area contributed by atoms with E-state index in [1.54, 1.807) is 26.2 Å². The van der Waals surface area contributed by atoms with Crippen molar-refractivity contribution < 1.29 is 9.53 Å². The Morgan fingerprint density at radius 1 is 1.32 bits per heavy atom. The van der Waals surface area contributed by atoms with Gasteiger partial charge in [0.25, 0.3) is 0 Å². The summed E-state index contributed by atoms with van der Waals surface area (Å²) in [6.07, 6.45) is 4.94. The highest BCUT2D eigenvalue weighted by atomic mass is 16.5. The van der Waals surface area contributed by atoms with E-state index in [1.807, 2.05) is 13.0 Å². The summed E-state index contributed by atoms with van der Waals surface area (Å²) in [5, 5.41) is 0. The predicted molar refractivity (Wildman–Crippen MR) is 70.7 cm³/mol.